The van der Waals surface area contributed by atoms with Crippen LogP contribution in [0, 0.1) is 17.2 Å². The van der Waals surface area contributed by atoms with E-state index < -0.39 is 0 Å². The Bertz CT molecular complexity index is 521. The molecule has 0 atom stereocenters. The summed E-state index contributed by atoms with van der Waals surface area (Å²) in [5, 5.41) is 8.85. The third kappa shape index (κ3) is 2.24. The highest BCUT2D eigenvalue weighted by molar-refractivity contribution is 5.54. The molecule has 0 spiro atoms. The van der Waals surface area contributed by atoms with Crippen LogP contribution in [-0.2, 0) is 0 Å². The zero-order chi connectivity index (χ0) is 13.5. The average molecular weight is 257 g/mol. The first-order chi connectivity index (χ1) is 9.12. The minimum absolute atomic E-state index is 0.128. The Morgan fingerprint density at radius 2 is 2.00 bits per heavy atom. The molecule has 0 unspecified atom stereocenters. The Morgan fingerprint density at radius 3 is 2.53 bits per heavy atom. The highest BCUT2D eigenvalue weighted by atomic mass is 15.2. The fraction of sp³-hybridized carbons (Fsp3) is 0.571. The molecular weight excluding hydrogens is 238 g/mol. The molecule has 0 radical (unpaired) electrons. The van der Waals surface area contributed by atoms with Gasteiger partial charge in [-0.2, -0.15) is 5.26 Å². The minimum Gasteiger partial charge on any atom is -0.383 e. The first-order valence-corrected chi connectivity index (χ1v) is 6.83. The van der Waals surface area contributed by atoms with E-state index in [1.807, 2.05) is 12.1 Å². The predicted octanol–water partition coefficient (Wildman–Crippen LogP) is 1.24. The second kappa shape index (κ2) is 4.39. The van der Waals surface area contributed by atoms with Crippen LogP contribution in [0.1, 0.15) is 31.2 Å². The maximum Gasteiger partial charge on any atom is 0.143 e. The van der Waals surface area contributed by atoms with Crippen molar-refractivity contribution in [3.05, 3.63) is 17.7 Å². The number of hydrogen-bond acceptors (Lipinski definition) is 5. The molecule has 1 saturated carbocycles. The van der Waals surface area contributed by atoms with Crippen LogP contribution in [-0.4, -0.2) is 23.6 Å². The molecule has 100 valence electrons. The fourth-order valence-corrected chi connectivity index (χ4v) is 2.97. The largest absolute Gasteiger partial charge is 0.383 e. The Morgan fingerprint density at radius 1 is 1.32 bits per heavy atom. The van der Waals surface area contributed by atoms with Crippen LogP contribution in [0.15, 0.2) is 12.1 Å². The fourth-order valence-electron chi connectivity index (χ4n) is 2.97. The zero-order valence-electron chi connectivity index (χ0n) is 11.0. The predicted molar refractivity (Wildman–Crippen MR) is 74.5 cm³/mol. The van der Waals surface area contributed by atoms with Crippen LogP contribution < -0.4 is 16.4 Å². The van der Waals surface area contributed by atoms with Crippen molar-refractivity contribution in [2.24, 2.45) is 11.7 Å². The van der Waals surface area contributed by atoms with Gasteiger partial charge in [0.15, 0.2) is 0 Å². The first kappa shape index (κ1) is 12.2. The number of nitriles is 1. The third-order valence-electron chi connectivity index (χ3n) is 4.49. The van der Waals surface area contributed by atoms with Gasteiger partial charge in [-0.25, -0.2) is 4.98 Å². The van der Waals surface area contributed by atoms with Gasteiger partial charge in [0.1, 0.15) is 17.7 Å². The molecule has 1 aliphatic carbocycles. The number of nitrogens with two attached hydrogens (primary N) is 2. The summed E-state index contributed by atoms with van der Waals surface area (Å²) in [7, 11) is 0. The highest BCUT2D eigenvalue weighted by Crippen LogP contribution is 2.44. The van der Waals surface area contributed by atoms with Crippen molar-refractivity contribution in [2.45, 2.75) is 31.2 Å². The summed E-state index contributed by atoms with van der Waals surface area (Å²) in [5.74, 6) is 1.84. The topological polar surface area (TPSA) is 92.0 Å². The van der Waals surface area contributed by atoms with Crippen LogP contribution in [0.25, 0.3) is 0 Å². The van der Waals surface area contributed by atoms with Gasteiger partial charge in [-0.3, -0.25) is 0 Å². The first-order valence-electron chi connectivity index (χ1n) is 6.83. The minimum atomic E-state index is 0.128. The van der Waals surface area contributed by atoms with Crippen LogP contribution in [0.2, 0.25) is 0 Å². The van der Waals surface area contributed by atoms with E-state index in [4.69, 9.17) is 16.7 Å². The quantitative estimate of drug-likeness (QED) is 0.831. The number of piperidine rings is 1. The van der Waals surface area contributed by atoms with Gasteiger partial charge in [-0.15, -0.1) is 0 Å². The Balaban J connectivity index is 1.68. The molecule has 1 aliphatic heterocycles. The van der Waals surface area contributed by atoms with E-state index in [0.717, 1.165) is 31.7 Å². The molecule has 0 amide bonds. The summed E-state index contributed by atoms with van der Waals surface area (Å²) < 4.78 is 0. The molecule has 1 aromatic rings. The number of anilines is 2. The Hall–Kier alpha value is -1.80. The average Bonchev–Trinajstić information content (AvgIpc) is 3.18. The standard InChI is InChI=1S/C14H19N5/c15-9-10-1-2-12(18-13(10)16)19-7-3-11(4-8-19)14(17)5-6-14/h1-2,11H,3-8,17H2,(H2,16,18). The number of pyridine rings is 1. The smallest absolute Gasteiger partial charge is 0.143 e. The third-order valence-corrected chi connectivity index (χ3v) is 4.49. The SMILES string of the molecule is N#Cc1ccc(N2CCC(C3(N)CC3)CC2)nc1N. The van der Waals surface area contributed by atoms with Gasteiger partial charge in [0, 0.05) is 18.6 Å². The lowest BCUT2D eigenvalue weighted by Gasteiger charge is -2.35. The number of nitrogen functional groups attached to an aromatic ring is 1. The van der Waals surface area contributed by atoms with E-state index in [1.165, 1.54) is 12.8 Å². The van der Waals surface area contributed by atoms with Crippen molar-refractivity contribution >= 4 is 11.6 Å². The van der Waals surface area contributed by atoms with Crippen molar-refractivity contribution in [1.82, 2.24) is 4.98 Å². The molecule has 2 fully saturated rings. The summed E-state index contributed by atoms with van der Waals surface area (Å²) >= 11 is 0. The van der Waals surface area contributed by atoms with Crippen molar-refractivity contribution in [3.8, 4) is 6.07 Å². The lowest BCUT2D eigenvalue weighted by Crippen LogP contribution is -2.42. The van der Waals surface area contributed by atoms with Crippen LogP contribution in [0.3, 0.4) is 0 Å². The van der Waals surface area contributed by atoms with E-state index in [0.29, 0.717) is 17.3 Å². The van der Waals surface area contributed by atoms with Gasteiger partial charge in [-0.05, 0) is 43.7 Å². The molecule has 5 heteroatoms. The molecule has 2 heterocycles. The maximum absolute atomic E-state index is 8.85. The lowest BCUT2D eigenvalue weighted by atomic mass is 9.88. The van der Waals surface area contributed by atoms with Crippen LogP contribution in [0.4, 0.5) is 11.6 Å². The Labute approximate surface area is 113 Å². The normalized spacial score (nSPS) is 22.0. The van der Waals surface area contributed by atoms with Crippen molar-refractivity contribution in [1.29, 1.82) is 5.26 Å². The van der Waals surface area contributed by atoms with Gasteiger partial charge in [0.05, 0.1) is 5.56 Å². The molecule has 1 aromatic heterocycles. The van der Waals surface area contributed by atoms with Gasteiger partial charge in [0.25, 0.3) is 0 Å². The Kier molecular flexibility index (Phi) is 2.83. The molecule has 2 aliphatic rings. The van der Waals surface area contributed by atoms with Gasteiger partial charge >= 0.3 is 0 Å². The summed E-state index contributed by atoms with van der Waals surface area (Å²) in [6, 6.07) is 5.66. The molecule has 0 aromatic carbocycles. The van der Waals surface area contributed by atoms with Crippen molar-refractivity contribution in [2.75, 3.05) is 23.7 Å². The van der Waals surface area contributed by atoms with Crippen molar-refractivity contribution in [3.63, 3.8) is 0 Å². The van der Waals surface area contributed by atoms with E-state index in [1.54, 1.807) is 6.07 Å². The maximum atomic E-state index is 8.85. The lowest BCUT2D eigenvalue weighted by molar-refractivity contribution is 0.324. The number of nitrogens with zero attached hydrogens (tertiary/aromatic N) is 3. The van der Waals surface area contributed by atoms with E-state index in [-0.39, 0.29) is 5.54 Å². The van der Waals surface area contributed by atoms with Gasteiger partial charge in [0.2, 0.25) is 0 Å². The molecule has 4 N–H and O–H groups in total. The van der Waals surface area contributed by atoms with E-state index in [9.17, 15) is 0 Å². The molecule has 5 nitrogen and oxygen atoms in total. The summed E-state index contributed by atoms with van der Waals surface area (Å²) in [6.45, 7) is 1.95. The van der Waals surface area contributed by atoms with E-state index in [2.05, 4.69) is 9.88 Å². The molecule has 3 rings (SSSR count). The van der Waals surface area contributed by atoms with Gasteiger partial charge < -0.3 is 16.4 Å². The highest BCUT2D eigenvalue weighted by Gasteiger charge is 2.46. The molecular formula is C14H19N5. The zero-order valence-corrected chi connectivity index (χ0v) is 11.0. The molecule has 0 bridgehead atoms. The van der Waals surface area contributed by atoms with Crippen molar-refractivity contribution < 1.29 is 0 Å². The second-order valence-corrected chi connectivity index (χ2v) is 5.71. The summed E-state index contributed by atoms with van der Waals surface area (Å²) in [6.07, 6.45) is 4.61. The van der Waals surface area contributed by atoms with Crippen LogP contribution in [0.5, 0.6) is 0 Å². The molecule has 19 heavy (non-hydrogen) atoms. The number of rotatable bonds is 2. The van der Waals surface area contributed by atoms with E-state index >= 15 is 0 Å². The molecule has 1 saturated heterocycles. The summed E-state index contributed by atoms with van der Waals surface area (Å²) in [4.78, 5) is 6.56. The van der Waals surface area contributed by atoms with Crippen LogP contribution >= 0.6 is 0 Å². The second-order valence-electron chi connectivity index (χ2n) is 5.71. The number of hydrogen-bond donors (Lipinski definition) is 2. The monoisotopic (exact) mass is 257 g/mol. The summed E-state index contributed by atoms with van der Waals surface area (Å²) in [5.41, 5.74) is 12.6. The number of aromatic nitrogens is 1. The van der Waals surface area contributed by atoms with Gasteiger partial charge in [-0.1, -0.05) is 0 Å².